The Bertz CT molecular complexity index is 600. The maximum absolute atomic E-state index is 13.2. The molecule has 0 aromatic heterocycles. The number of amides is 2. The highest BCUT2D eigenvalue weighted by Gasteiger charge is 2.27. The fraction of sp³-hybridized carbons (Fsp3) is 0.619. The normalized spacial score (nSPS) is 15.0. The Labute approximate surface area is 161 Å². The van der Waals surface area contributed by atoms with Crippen molar-refractivity contribution in [3.63, 3.8) is 0 Å². The van der Waals surface area contributed by atoms with E-state index in [4.69, 9.17) is 0 Å². The lowest BCUT2D eigenvalue weighted by molar-refractivity contribution is -0.136. The van der Waals surface area contributed by atoms with E-state index in [0.717, 1.165) is 31.2 Å². The van der Waals surface area contributed by atoms with Crippen molar-refractivity contribution in [1.82, 2.24) is 15.1 Å². The number of likely N-dealkylation sites (N-methyl/N-ethyl adjacent to an activating group) is 2. The minimum atomic E-state index is -0.270. The number of benzene rings is 1. The first-order valence-electron chi connectivity index (χ1n) is 10.1. The van der Waals surface area contributed by atoms with Crippen molar-refractivity contribution in [1.29, 1.82) is 0 Å². The molecule has 0 spiro atoms. The molecule has 150 valence electrons. The van der Waals surface area contributed by atoms with E-state index in [9.17, 15) is 14.0 Å². The second-order valence-corrected chi connectivity index (χ2v) is 7.20. The average molecular weight is 378 g/mol. The number of rotatable bonds is 9. The molecule has 6 heteroatoms. The Hall–Kier alpha value is -1.95. The third kappa shape index (κ3) is 6.94. The van der Waals surface area contributed by atoms with Crippen LogP contribution in [0.3, 0.4) is 0 Å². The Morgan fingerprint density at radius 3 is 2.33 bits per heavy atom. The third-order valence-electron chi connectivity index (χ3n) is 5.15. The van der Waals surface area contributed by atoms with Gasteiger partial charge in [-0.2, -0.15) is 0 Å². The lowest BCUT2D eigenvalue weighted by Crippen LogP contribution is -2.47. The van der Waals surface area contributed by atoms with Crippen LogP contribution in [0.5, 0.6) is 0 Å². The van der Waals surface area contributed by atoms with Crippen LogP contribution in [-0.2, 0) is 16.1 Å². The van der Waals surface area contributed by atoms with Gasteiger partial charge in [-0.05, 0) is 44.0 Å². The van der Waals surface area contributed by atoms with Gasteiger partial charge in [-0.15, -0.1) is 0 Å². The average Bonchev–Trinajstić information content (AvgIpc) is 2.67. The quantitative estimate of drug-likeness (QED) is 0.720. The summed E-state index contributed by atoms with van der Waals surface area (Å²) in [5.41, 5.74) is 0.932. The molecule has 1 fully saturated rings. The Balaban J connectivity index is 2.07. The van der Waals surface area contributed by atoms with Crippen molar-refractivity contribution in [3.05, 3.63) is 35.6 Å². The Morgan fingerprint density at radius 1 is 1.07 bits per heavy atom. The molecule has 1 aromatic rings. The number of hydrogen-bond acceptors (Lipinski definition) is 3. The van der Waals surface area contributed by atoms with Gasteiger partial charge in [0.25, 0.3) is 0 Å². The van der Waals surface area contributed by atoms with Gasteiger partial charge in [-0.3, -0.25) is 14.5 Å². The molecule has 2 amide bonds. The molecule has 0 unspecified atom stereocenters. The summed E-state index contributed by atoms with van der Waals surface area (Å²) in [6.45, 7) is 6.00. The highest BCUT2D eigenvalue weighted by Crippen LogP contribution is 2.24. The maximum Gasteiger partial charge on any atom is 0.237 e. The van der Waals surface area contributed by atoms with Gasteiger partial charge < -0.3 is 10.2 Å². The predicted octanol–water partition coefficient (Wildman–Crippen LogP) is 2.95. The summed E-state index contributed by atoms with van der Waals surface area (Å²) >= 11 is 0. The van der Waals surface area contributed by atoms with Crippen molar-refractivity contribution in [2.45, 2.75) is 58.5 Å². The highest BCUT2D eigenvalue weighted by atomic mass is 19.1. The molecule has 1 aliphatic carbocycles. The van der Waals surface area contributed by atoms with Crippen molar-refractivity contribution in [2.75, 3.05) is 26.2 Å². The van der Waals surface area contributed by atoms with Gasteiger partial charge in [0.2, 0.25) is 11.8 Å². The van der Waals surface area contributed by atoms with Crippen LogP contribution >= 0.6 is 0 Å². The molecule has 1 saturated carbocycles. The second-order valence-electron chi connectivity index (χ2n) is 7.20. The van der Waals surface area contributed by atoms with Crippen LogP contribution in [0.4, 0.5) is 4.39 Å². The zero-order valence-electron chi connectivity index (χ0n) is 16.5. The van der Waals surface area contributed by atoms with Gasteiger partial charge in [0, 0.05) is 19.1 Å². The summed E-state index contributed by atoms with van der Waals surface area (Å²) in [4.78, 5) is 28.8. The van der Waals surface area contributed by atoms with E-state index in [1.807, 2.05) is 23.6 Å². The first kappa shape index (κ1) is 21.4. The van der Waals surface area contributed by atoms with E-state index in [1.54, 1.807) is 12.1 Å². The van der Waals surface area contributed by atoms with E-state index in [1.165, 1.54) is 18.6 Å². The molecule has 1 aliphatic rings. The summed E-state index contributed by atoms with van der Waals surface area (Å²) in [5.74, 6) is -0.291. The molecule has 0 saturated heterocycles. The highest BCUT2D eigenvalue weighted by molar-refractivity contribution is 5.81. The fourth-order valence-electron chi connectivity index (χ4n) is 3.62. The molecule has 27 heavy (non-hydrogen) atoms. The largest absolute Gasteiger partial charge is 0.355 e. The maximum atomic E-state index is 13.2. The van der Waals surface area contributed by atoms with Gasteiger partial charge in [0.1, 0.15) is 5.82 Å². The standard InChI is InChI=1S/C21H32FN3O2/c1-3-23-20(26)15-24(4-2)16-21(27)25(19-8-6-5-7-9-19)14-17-10-12-18(22)13-11-17/h10-13,19H,3-9,14-16H2,1-2H3,(H,23,26). The molecule has 0 radical (unpaired) electrons. The minimum Gasteiger partial charge on any atom is -0.355 e. The van der Waals surface area contributed by atoms with Crippen LogP contribution in [0.1, 0.15) is 51.5 Å². The molecule has 0 aliphatic heterocycles. The Kier molecular flexibility index (Phi) is 8.72. The zero-order valence-corrected chi connectivity index (χ0v) is 16.5. The van der Waals surface area contributed by atoms with Gasteiger partial charge in [-0.25, -0.2) is 4.39 Å². The first-order valence-corrected chi connectivity index (χ1v) is 10.1. The van der Waals surface area contributed by atoms with Gasteiger partial charge >= 0.3 is 0 Å². The predicted molar refractivity (Wildman–Crippen MR) is 105 cm³/mol. The number of nitrogens with zero attached hydrogens (tertiary/aromatic N) is 2. The summed E-state index contributed by atoms with van der Waals surface area (Å²) in [6.07, 6.45) is 5.50. The number of carbonyl (C=O) groups excluding carboxylic acids is 2. The molecule has 1 N–H and O–H groups in total. The molecule has 0 bridgehead atoms. The number of nitrogens with one attached hydrogen (secondary N) is 1. The molecule has 0 atom stereocenters. The lowest BCUT2D eigenvalue weighted by atomic mass is 9.93. The van der Waals surface area contributed by atoms with Crippen LogP contribution in [0.25, 0.3) is 0 Å². The number of halogens is 1. The summed E-state index contributed by atoms with van der Waals surface area (Å²) in [7, 11) is 0. The first-order chi connectivity index (χ1) is 13.0. The van der Waals surface area contributed by atoms with E-state index >= 15 is 0 Å². The van der Waals surface area contributed by atoms with Crippen molar-refractivity contribution >= 4 is 11.8 Å². The van der Waals surface area contributed by atoms with Gasteiger partial charge in [0.15, 0.2) is 0 Å². The Morgan fingerprint density at radius 2 is 1.74 bits per heavy atom. The molecular weight excluding hydrogens is 345 g/mol. The van der Waals surface area contributed by atoms with Crippen LogP contribution in [0.15, 0.2) is 24.3 Å². The topological polar surface area (TPSA) is 52.7 Å². The zero-order chi connectivity index (χ0) is 19.6. The molecule has 5 nitrogen and oxygen atoms in total. The molecule has 0 heterocycles. The number of carbonyl (C=O) groups is 2. The smallest absolute Gasteiger partial charge is 0.237 e. The van der Waals surface area contributed by atoms with Crippen LogP contribution in [0.2, 0.25) is 0 Å². The van der Waals surface area contributed by atoms with Crippen LogP contribution in [-0.4, -0.2) is 53.8 Å². The van der Waals surface area contributed by atoms with E-state index in [0.29, 0.717) is 19.6 Å². The third-order valence-corrected chi connectivity index (χ3v) is 5.15. The molecule has 1 aromatic carbocycles. The second kappa shape index (κ2) is 11.0. The molecule has 2 rings (SSSR count). The number of hydrogen-bond donors (Lipinski definition) is 1. The monoisotopic (exact) mass is 377 g/mol. The summed E-state index contributed by atoms with van der Waals surface area (Å²) in [5, 5.41) is 2.78. The van der Waals surface area contributed by atoms with Crippen molar-refractivity contribution < 1.29 is 14.0 Å². The minimum absolute atomic E-state index is 0.0392. The summed E-state index contributed by atoms with van der Waals surface area (Å²) < 4.78 is 13.2. The lowest BCUT2D eigenvalue weighted by Gasteiger charge is -2.36. The van der Waals surface area contributed by atoms with E-state index in [-0.39, 0.29) is 36.8 Å². The van der Waals surface area contributed by atoms with Gasteiger partial charge in [0.05, 0.1) is 13.1 Å². The van der Waals surface area contributed by atoms with Crippen LogP contribution < -0.4 is 5.32 Å². The van der Waals surface area contributed by atoms with Crippen LogP contribution in [0, 0.1) is 5.82 Å². The fourth-order valence-corrected chi connectivity index (χ4v) is 3.62. The van der Waals surface area contributed by atoms with E-state index in [2.05, 4.69) is 5.32 Å². The molecular formula is C21H32FN3O2. The SMILES string of the molecule is CCNC(=O)CN(CC)CC(=O)N(Cc1ccc(F)cc1)C1CCCCC1. The van der Waals surface area contributed by atoms with Crippen molar-refractivity contribution in [2.24, 2.45) is 0 Å². The summed E-state index contributed by atoms with van der Waals surface area (Å²) in [6, 6.07) is 6.58. The van der Waals surface area contributed by atoms with Crippen molar-refractivity contribution in [3.8, 4) is 0 Å². The van der Waals surface area contributed by atoms with E-state index < -0.39 is 0 Å². The van der Waals surface area contributed by atoms with Gasteiger partial charge in [-0.1, -0.05) is 38.3 Å².